The van der Waals surface area contributed by atoms with Gasteiger partial charge in [0.15, 0.2) is 11.5 Å². The van der Waals surface area contributed by atoms with E-state index in [-0.39, 0.29) is 0 Å². The van der Waals surface area contributed by atoms with Gasteiger partial charge in [-0.05, 0) is 24.6 Å². The van der Waals surface area contributed by atoms with E-state index in [2.05, 4.69) is 5.10 Å². The van der Waals surface area contributed by atoms with Crippen molar-refractivity contribution in [2.45, 2.75) is 26.6 Å². The monoisotopic (exact) mass is 261 g/mol. The minimum Gasteiger partial charge on any atom is -0.493 e. The number of aromatic nitrogens is 2. The minimum absolute atomic E-state index is 0.463. The fourth-order valence-corrected chi connectivity index (χ4v) is 1.78. The Morgan fingerprint density at radius 3 is 2.74 bits per heavy atom. The van der Waals surface area contributed by atoms with Crippen LogP contribution in [0, 0.1) is 0 Å². The summed E-state index contributed by atoms with van der Waals surface area (Å²) >= 11 is 0. The Hall–Kier alpha value is -2.01. The molecular weight excluding hydrogens is 242 g/mol. The molecule has 5 heteroatoms. The number of nitrogens with two attached hydrogens (primary N) is 1. The van der Waals surface area contributed by atoms with Gasteiger partial charge in [0.2, 0.25) is 0 Å². The SMILES string of the molecule is CCn1cc(COc2cc(CN)ccc2OC)cn1. The van der Waals surface area contributed by atoms with Gasteiger partial charge in [-0.2, -0.15) is 5.10 Å². The van der Waals surface area contributed by atoms with Crippen molar-refractivity contribution in [1.82, 2.24) is 9.78 Å². The van der Waals surface area contributed by atoms with Crippen molar-refractivity contribution in [3.05, 3.63) is 41.7 Å². The molecule has 0 spiro atoms. The molecule has 0 aliphatic rings. The fraction of sp³-hybridized carbons (Fsp3) is 0.357. The number of rotatable bonds is 6. The molecule has 5 nitrogen and oxygen atoms in total. The second kappa shape index (κ2) is 6.24. The zero-order chi connectivity index (χ0) is 13.7. The molecule has 19 heavy (non-hydrogen) atoms. The molecule has 2 aromatic rings. The molecule has 1 aromatic heterocycles. The Balaban J connectivity index is 2.09. The largest absolute Gasteiger partial charge is 0.493 e. The van der Waals surface area contributed by atoms with Crippen LogP contribution in [-0.2, 0) is 19.7 Å². The molecule has 0 aliphatic heterocycles. The zero-order valence-electron chi connectivity index (χ0n) is 11.3. The van der Waals surface area contributed by atoms with Gasteiger partial charge in [0, 0.05) is 24.8 Å². The number of nitrogens with zero attached hydrogens (tertiary/aromatic N) is 2. The third-order valence-electron chi connectivity index (χ3n) is 2.87. The summed E-state index contributed by atoms with van der Waals surface area (Å²) in [5, 5.41) is 4.21. The summed E-state index contributed by atoms with van der Waals surface area (Å²) in [4.78, 5) is 0. The summed E-state index contributed by atoms with van der Waals surface area (Å²) in [6.45, 7) is 3.84. The average Bonchev–Trinajstić information content (AvgIpc) is 2.92. The van der Waals surface area contributed by atoms with Gasteiger partial charge in [-0.1, -0.05) is 6.07 Å². The van der Waals surface area contributed by atoms with Crippen LogP contribution in [0.15, 0.2) is 30.6 Å². The molecule has 0 bridgehead atoms. The average molecular weight is 261 g/mol. The maximum Gasteiger partial charge on any atom is 0.161 e. The molecule has 2 N–H and O–H groups in total. The highest BCUT2D eigenvalue weighted by atomic mass is 16.5. The molecule has 0 saturated carbocycles. The van der Waals surface area contributed by atoms with Gasteiger partial charge < -0.3 is 15.2 Å². The lowest BCUT2D eigenvalue weighted by Crippen LogP contribution is -2.00. The molecule has 0 saturated heterocycles. The van der Waals surface area contributed by atoms with E-state index in [0.29, 0.717) is 24.7 Å². The van der Waals surface area contributed by atoms with Gasteiger partial charge in [-0.3, -0.25) is 4.68 Å². The third kappa shape index (κ3) is 3.26. The van der Waals surface area contributed by atoms with Crippen molar-refractivity contribution in [1.29, 1.82) is 0 Å². The van der Waals surface area contributed by atoms with Crippen LogP contribution in [0.25, 0.3) is 0 Å². The first-order valence-corrected chi connectivity index (χ1v) is 6.28. The Morgan fingerprint density at radius 1 is 1.26 bits per heavy atom. The zero-order valence-corrected chi connectivity index (χ0v) is 11.3. The molecule has 0 aliphatic carbocycles. The summed E-state index contributed by atoms with van der Waals surface area (Å²) in [5.74, 6) is 1.41. The number of hydrogen-bond donors (Lipinski definition) is 1. The van der Waals surface area contributed by atoms with Gasteiger partial charge in [-0.15, -0.1) is 0 Å². The van der Waals surface area contributed by atoms with Crippen molar-refractivity contribution in [3.8, 4) is 11.5 Å². The topological polar surface area (TPSA) is 62.3 Å². The van der Waals surface area contributed by atoms with Crippen LogP contribution in [0.5, 0.6) is 11.5 Å². The second-order valence-electron chi connectivity index (χ2n) is 4.18. The first-order chi connectivity index (χ1) is 9.26. The van der Waals surface area contributed by atoms with Crippen molar-refractivity contribution in [2.24, 2.45) is 5.73 Å². The van der Waals surface area contributed by atoms with Gasteiger partial charge >= 0.3 is 0 Å². The maximum atomic E-state index is 5.78. The van der Waals surface area contributed by atoms with Crippen molar-refractivity contribution < 1.29 is 9.47 Å². The number of ether oxygens (including phenoxy) is 2. The van der Waals surface area contributed by atoms with Gasteiger partial charge in [0.25, 0.3) is 0 Å². The lowest BCUT2D eigenvalue weighted by atomic mass is 10.2. The highest BCUT2D eigenvalue weighted by Crippen LogP contribution is 2.28. The molecule has 102 valence electrons. The second-order valence-corrected chi connectivity index (χ2v) is 4.18. The van der Waals surface area contributed by atoms with Crippen LogP contribution in [-0.4, -0.2) is 16.9 Å². The minimum atomic E-state index is 0.463. The van der Waals surface area contributed by atoms with Crippen molar-refractivity contribution >= 4 is 0 Å². The lowest BCUT2D eigenvalue weighted by Gasteiger charge is -2.11. The van der Waals surface area contributed by atoms with Crippen LogP contribution in [0.3, 0.4) is 0 Å². The standard InChI is InChI=1S/C14H19N3O2/c1-3-17-9-12(8-16-17)10-19-14-6-11(7-15)4-5-13(14)18-2/h4-6,8-9H,3,7,10,15H2,1-2H3. The molecule has 0 atom stereocenters. The first-order valence-electron chi connectivity index (χ1n) is 6.28. The van der Waals surface area contributed by atoms with Gasteiger partial charge in [0.1, 0.15) is 6.61 Å². The van der Waals surface area contributed by atoms with E-state index in [9.17, 15) is 0 Å². The predicted octanol–water partition coefficient (Wildman–Crippen LogP) is 1.95. The number of methoxy groups -OCH3 is 1. The molecule has 0 fully saturated rings. The summed E-state index contributed by atoms with van der Waals surface area (Å²) in [6.07, 6.45) is 3.78. The van der Waals surface area contributed by atoms with Crippen LogP contribution >= 0.6 is 0 Å². The van der Waals surface area contributed by atoms with Crippen molar-refractivity contribution in [3.63, 3.8) is 0 Å². The number of aryl methyl sites for hydroxylation is 1. The molecule has 2 rings (SSSR count). The first kappa shape index (κ1) is 13.4. The molecular formula is C14H19N3O2. The Morgan fingerprint density at radius 2 is 2.11 bits per heavy atom. The highest BCUT2D eigenvalue weighted by molar-refractivity contribution is 5.43. The highest BCUT2D eigenvalue weighted by Gasteiger charge is 2.06. The molecule has 0 unspecified atom stereocenters. The van der Waals surface area contributed by atoms with E-state index >= 15 is 0 Å². The van der Waals surface area contributed by atoms with Crippen LogP contribution in [0.1, 0.15) is 18.1 Å². The van der Waals surface area contributed by atoms with Crippen LogP contribution < -0.4 is 15.2 Å². The number of benzene rings is 1. The van der Waals surface area contributed by atoms with E-state index in [0.717, 1.165) is 17.7 Å². The summed E-state index contributed by atoms with van der Waals surface area (Å²) in [5.41, 5.74) is 7.67. The lowest BCUT2D eigenvalue weighted by molar-refractivity contribution is 0.284. The quantitative estimate of drug-likeness (QED) is 0.863. The molecule has 1 aromatic carbocycles. The smallest absolute Gasteiger partial charge is 0.161 e. The van der Waals surface area contributed by atoms with Crippen LogP contribution in [0.4, 0.5) is 0 Å². The predicted molar refractivity (Wildman–Crippen MR) is 73.1 cm³/mol. The van der Waals surface area contributed by atoms with Gasteiger partial charge in [-0.25, -0.2) is 0 Å². The van der Waals surface area contributed by atoms with E-state index in [4.69, 9.17) is 15.2 Å². The Bertz CT molecular complexity index is 537. The normalized spacial score (nSPS) is 10.5. The van der Waals surface area contributed by atoms with E-state index in [1.807, 2.05) is 42.2 Å². The summed E-state index contributed by atoms with van der Waals surface area (Å²) < 4.78 is 12.9. The third-order valence-corrected chi connectivity index (χ3v) is 2.87. The molecule has 1 heterocycles. The van der Waals surface area contributed by atoms with E-state index < -0.39 is 0 Å². The summed E-state index contributed by atoms with van der Waals surface area (Å²) in [6, 6.07) is 5.71. The number of hydrogen-bond acceptors (Lipinski definition) is 4. The Labute approximate surface area is 112 Å². The van der Waals surface area contributed by atoms with Crippen LogP contribution in [0.2, 0.25) is 0 Å². The molecule has 0 radical (unpaired) electrons. The van der Waals surface area contributed by atoms with E-state index in [1.165, 1.54) is 0 Å². The summed E-state index contributed by atoms with van der Waals surface area (Å²) in [7, 11) is 1.62. The molecule has 0 amide bonds. The van der Waals surface area contributed by atoms with E-state index in [1.54, 1.807) is 7.11 Å². The van der Waals surface area contributed by atoms with Crippen molar-refractivity contribution in [2.75, 3.05) is 7.11 Å². The maximum absolute atomic E-state index is 5.78. The fourth-order valence-electron chi connectivity index (χ4n) is 1.78. The van der Waals surface area contributed by atoms with Gasteiger partial charge in [0.05, 0.1) is 13.3 Å². The Kier molecular flexibility index (Phi) is 4.41.